The summed E-state index contributed by atoms with van der Waals surface area (Å²) >= 11 is 0. The van der Waals surface area contributed by atoms with Crippen molar-refractivity contribution in [3.8, 4) is 0 Å². The van der Waals surface area contributed by atoms with Crippen molar-refractivity contribution in [3.05, 3.63) is 0 Å². The fourth-order valence-corrected chi connectivity index (χ4v) is 2.08. The molecule has 1 fully saturated rings. The van der Waals surface area contributed by atoms with Crippen LogP contribution in [0, 0.1) is 11.8 Å². The van der Waals surface area contributed by atoms with Crippen LogP contribution in [0.15, 0.2) is 0 Å². The van der Waals surface area contributed by atoms with E-state index in [1.165, 1.54) is 0 Å². The second-order valence-corrected chi connectivity index (χ2v) is 4.42. The van der Waals surface area contributed by atoms with Crippen molar-refractivity contribution in [3.63, 3.8) is 0 Å². The van der Waals surface area contributed by atoms with E-state index in [0.717, 1.165) is 0 Å². The van der Waals surface area contributed by atoms with E-state index in [0.29, 0.717) is 26.1 Å². The summed E-state index contributed by atoms with van der Waals surface area (Å²) in [7, 11) is 0. The van der Waals surface area contributed by atoms with Crippen LogP contribution in [0.25, 0.3) is 0 Å². The minimum absolute atomic E-state index is 0.306. The first kappa shape index (κ1) is 15.6. The number of aliphatic hydroxyl groups is 1. The summed E-state index contributed by atoms with van der Waals surface area (Å²) in [6, 6.07) is 0. The molecule has 1 aliphatic rings. The molecule has 1 unspecified atom stereocenters. The molecule has 0 aromatic carbocycles. The smallest absolute Gasteiger partial charge is 0.392 e. The van der Waals surface area contributed by atoms with Gasteiger partial charge in [-0.25, -0.2) is 0 Å². The highest BCUT2D eigenvalue weighted by atomic mass is 19.4. The summed E-state index contributed by atoms with van der Waals surface area (Å²) in [5, 5.41) is 9.25. The second kappa shape index (κ2) is 5.64. The summed E-state index contributed by atoms with van der Waals surface area (Å²) in [5.41, 5.74) is 0. The van der Waals surface area contributed by atoms with Gasteiger partial charge in [-0.15, -0.1) is 0 Å². The minimum atomic E-state index is -5.48. The van der Waals surface area contributed by atoms with E-state index in [-0.39, 0.29) is 5.92 Å². The Morgan fingerprint density at radius 1 is 1.00 bits per heavy atom. The zero-order valence-electron chi connectivity index (χ0n) is 9.39. The molecule has 1 saturated heterocycles. The quantitative estimate of drug-likeness (QED) is 0.805. The topological polar surface area (TPSA) is 29.5 Å². The Balaban J connectivity index is 2.67. The third-order valence-electron chi connectivity index (χ3n) is 3.01. The lowest BCUT2D eigenvalue weighted by molar-refractivity contribution is -0.307. The summed E-state index contributed by atoms with van der Waals surface area (Å²) in [6.07, 6.45) is -13.2. The highest BCUT2D eigenvalue weighted by molar-refractivity contribution is 4.84. The number of hydrogen-bond donors (Lipinski definition) is 1. The van der Waals surface area contributed by atoms with Crippen LogP contribution in [0.4, 0.5) is 26.3 Å². The highest BCUT2D eigenvalue weighted by Gasteiger charge is 2.60. The first-order chi connectivity index (χ1) is 8.12. The van der Waals surface area contributed by atoms with E-state index in [1.807, 2.05) is 0 Å². The normalized spacial score (nSPS) is 21.3. The Bertz CT molecular complexity index is 242. The Morgan fingerprint density at radius 3 is 1.83 bits per heavy atom. The maximum atomic E-state index is 12.3. The molecule has 18 heavy (non-hydrogen) atoms. The third kappa shape index (κ3) is 4.31. The van der Waals surface area contributed by atoms with E-state index in [9.17, 15) is 31.4 Å². The lowest BCUT2D eigenvalue weighted by Crippen LogP contribution is -2.45. The van der Waals surface area contributed by atoms with Crippen LogP contribution in [0.3, 0.4) is 0 Å². The molecule has 1 rings (SSSR count). The van der Waals surface area contributed by atoms with Crippen LogP contribution in [-0.2, 0) is 4.74 Å². The molecule has 8 heteroatoms. The molecule has 0 bridgehead atoms. The van der Waals surface area contributed by atoms with Gasteiger partial charge in [0.1, 0.15) is 0 Å². The van der Waals surface area contributed by atoms with Crippen molar-refractivity contribution in [2.45, 2.75) is 37.7 Å². The lowest BCUT2D eigenvalue weighted by atomic mass is 9.87. The Morgan fingerprint density at radius 2 is 1.44 bits per heavy atom. The van der Waals surface area contributed by atoms with Crippen molar-refractivity contribution in [2.24, 2.45) is 11.8 Å². The molecule has 1 heterocycles. The van der Waals surface area contributed by atoms with Gasteiger partial charge in [0.15, 0.2) is 5.92 Å². The maximum Gasteiger partial charge on any atom is 0.403 e. The molecule has 0 aromatic heterocycles. The highest BCUT2D eigenvalue weighted by Crippen LogP contribution is 2.43. The summed E-state index contributed by atoms with van der Waals surface area (Å²) in [6.45, 7) is 0.611. The standard InChI is InChI=1S/C10H14F6O2/c11-9(12,13)8(10(14,15)16)7(17)5-6-1-3-18-4-2-6/h6-8,17H,1-5H2. The molecule has 1 N–H and O–H groups in total. The van der Waals surface area contributed by atoms with Crippen LogP contribution in [0.5, 0.6) is 0 Å². The van der Waals surface area contributed by atoms with E-state index >= 15 is 0 Å². The number of hydrogen-bond acceptors (Lipinski definition) is 2. The van der Waals surface area contributed by atoms with Gasteiger partial charge in [0, 0.05) is 13.2 Å². The first-order valence-electron chi connectivity index (χ1n) is 5.51. The zero-order chi connectivity index (χ0) is 14.0. The molecule has 0 amide bonds. The third-order valence-corrected chi connectivity index (χ3v) is 3.01. The fourth-order valence-electron chi connectivity index (χ4n) is 2.08. The minimum Gasteiger partial charge on any atom is -0.392 e. The number of alkyl halides is 6. The van der Waals surface area contributed by atoms with Gasteiger partial charge in [-0.1, -0.05) is 0 Å². The fraction of sp³-hybridized carbons (Fsp3) is 1.00. The van der Waals surface area contributed by atoms with E-state index in [2.05, 4.69) is 0 Å². The molecule has 1 aliphatic heterocycles. The average Bonchev–Trinajstić information content (AvgIpc) is 2.13. The number of ether oxygens (including phenoxy) is 1. The predicted molar refractivity (Wildman–Crippen MR) is 49.8 cm³/mol. The number of halogens is 6. The van der Waals surface area contributed by atoms with Crippen LogP contribution in [-0.4, -0.2) is 36.8 Å². The van der Waals surface area contributed by atoms with Gasteiger partial charge < -0.3 is 9.84 Å². The van der Waals surface area contributed by atoms with Crippen LogP contribution >= 0.6 is 0 Å². The van der Waals surface area contributed by atoms with Crippen molar-refractivity contribution in [2.75, 3.05) is 13.2 Å². The Labute approximate surface area is 99.9 Å². The molecule has 0 spiro atoms. The molecule has 2 nitrogen and oxygen atoms in total. The van der Waals surface area contributed by atoms with Gasteiger partial charge in [-0.05, 0) is 25.2 Å². The maximum absolute atomic E-state index is 12.3. The van der Waals surface area contributed by atoms with Crippen molar-refractivity contribution >= 4 is 0 Å². The molecule has 0 saturated carbocycles. The van der Waals surface area contributed by atoms with Gasteiger partial charge in [-0.3, -0.25) is 0 Å². The van der Waals surface area contributed by atoms with Crippen LogP contribution < -0.4 is 0 Å². The largest absolute Gasteiger partial charge is 0.403 e. The molecule has 1 atom stereocenters. The average molecular weight is 280 g/mol. The molecular formula is C10H14F6O2. The van der Waals surface area contributed by atoms with E-state index in [1.54, 1.807) is 0 Å². The number of rotatable bonds is 3. The second-order valence-electron chi connectivity index (χ2n) is 4.42. The van der Waals surface area contributed by atoms with E-state index in [4.69, 9.17) is 4.74 Å². The number of aliphatic hydroxyl groups excluding tert-OH is 1. The van der Waals surface area contributed by atoms with Crippen LogP contribution in [0.1, 0.15) is 19.3 Å². The van der Waals surface area contributed by atoms with Crippen molar-refractivity contribution in [1.29, 1.82) is 0 Å². The zero-order valence-corrected chi connectivity index (χ0v) is 9.39. The van der Waals surface area contributed by atoms with Gasteiger partial charge >= 0.3 is 12.4 Å². The summed E-state index contributed by atoms with van der Waals surface area (Å²) in [4.78, 5) is 0. The molecule has 108 valence electrons. The lowest BCUT2D eigenvalue weighted by Gasteiger charge is -2.31. The first-order valence-corrected chi connectivity index (χ1v) is 5.51. The predicted octanol–water partition coefficient (Wildman–Crippen LogP) is 2.90. The Kier molecular flexibility index (Phi) is 4.88. The van der Waals surface area contributed by atoms with E-state index < -0.39 is 30.8 Å². The summed E-state index contributed by atoms with van der Waals surface area (Å²) < 4.78 is 78.8. The van der Waals surface area contributed by atoms with Crippen molar-refractivity contribution < 1.29 is 36.2 Å². The van der Waals surface area contributed by atoms with Gasteiger partial charge in [0.05, 0.1) is 6.10 Å². The molecule has 0 radical (unpaired) electrons. The molecule has 0 aliphatic carbocycles. The SMILES string of the molecule is OC(CC1CCOCC1)C(C(F)(F)F)C(F)(F)F. The Hall–Kier alpha value is -0.500. The molecule has 0 aromatic rings. The van der Waals surface area contributed by atoms with Gasteiger partial charge in [0.2, 0.25) is 0 Å². The monoisotopic (exact) mass is 280 g/mol. The van der Waals surface area contributed by atoms with Crippen LogP contribution in [0.2, 0.25) is 0 Å². The molecular weight excluding hydrogens is 266 g/mol. The van der Waals surface area contributed by atoms with Crippen molar-refractivity contribution in [1.82, 2.24) is 0 Å². The summed E-state index contributed by atoms with van der Waals surface area (Å²) in [5.74, 6) is -4.03. The van der Waals surface area contributed by atoms with Gasteiger partial charge in [0.25, 0.3) is 0 Å². The van der Waals surface area contributed by atoms with Gasteiger partial charge in [-0.2, -0.15) is 26.3 Å².